The summed E-state index contributed by atoms with van der Waals surface area (Å²) in [4.78, 5) is 14.6. The van der Waals surface area contributed by atoms with E-state index in [1.807, 2.05) is 36.4 Å². The topological polar surface area (TPSA) is 76.7 Å². The number of anilines is 3. The van der Waals surface area contributed by atoms with Crippen molar-refractivity contribution in [2.24, 2.45) is 0 Å². The molecule has 0 fully saturated rings. The number of nitrogens with two attached hydrogens (primary N) is 1. The first-order chi connectivity index (χ1) is 14.3. The number of thiazole rings is 1. The highest BCUT2D eigenvalue weighted by atomic mass is 32.1. The van der Waals surface area contributed by atoms with Crippen LogP contribution in [0, 0.1) is 5.82 Å². The van der Waals surface area contributed by atoms with Crippen LogP contribution < -0.4 is 11.1 Å². The Labute approximate surface area is 178 Å². The van der Waals surface area contributed by atoms with Crippen LogP contribution in [-0.2, 0) is 5.41 Å². The summed E-state index contributed by atoms with van der Waals surface area (Å²) < 4.78 is 14.9. The van der Waals surface area contributed by atoms with Gasteiger partial charge in [-0.15, -0.1) is 11.3 Å². The molecule has 0 bridgehead atoms. The third-order valence-corrected chi connectivity index (χ3v) is 5.97. The van der Waals surface area contributed by atoms with Gasteiger partial charge in [0.25, 0.3) is 0 Å². The van der Waals surface area contributed by atoms with E-state index in [-0.39, 0.29) is 11.1 Å². The number of rotatable bonds is 4. The van der Waals surface area contributed by atoms with Gasteiger partial charge in [-0.1, -0.05) is 45.0 Å². The van der Waals surface area contributed by atoms with Crippen molar-refractivity contribution in [1.82, 2.24) is 15.0 Å². The number of aromatic nitrogens is 3. The average Bonchev–Trinajstić information content (AvgIpc) is 3.17. The summed E-state index contributed by atoms with van der Waals surface area (Å²) in [6, 6.07) is 16.5. The van der Waals surface area contributed by atoms with Crippen molar-refractivity contribution in [3.05, 3.63) is 71.6 Å². The zero-order valence-electron chi connectivity index (χ0n) is 17.0. The van der Waals surface area contributed by atoms with Gasteiger partial charge in [-0.05, 0) is 30.3 Å². The molecule has 0 amide bonds. The minimum Gasteiger partial charge on any atom is -0.396 e. The molecule has 30 heavy (non-hydrogen) atoms. The van der Waals surface area contributed by atoms with Crippen LogP contribution in [0.3, 0.4) is 0 Å². The second-order valence-electron chi connectivity index (χ2n) is 7.91. The minimum absolute atomic E-state index is 0.0953. The molecule has 3 N–H and O–H groups in total. The van der Waals surface area contributed by atoms with Crippen molar-refractivity contribution in [2.75, 3.05) is 11.1 Å². The molecule has 0 unspecified atom stereocenters. The lowest BCUT2D eigenvalue weighted by Crippen LogP contribution is -2.10. The number of para-hydroxylation sites is 1. The zero-order valence-corrected chi connectivity index (χ0v) is 17.8. The molecule has 0 atom stereocenters. The molecule has 0 spiro atoms. The third kappa shape index (κ3) is 4.02. The summed E-state index contributed by atoms with van der Waals surface area (Å²) in [5, 5.41) is 4.09. The molecule has 2 aromatic heterocycles. The van der Waals surface area contributed by atoms with Gasteiger partial charge >= 0.3 is 0 Å². The van der Waals surface area contributed by atoms with Crippen LogP contribution in [0.25, 0.3) is 21.8 Å². The summed E-state index contributed by atoms with van der Waals surface area (Å²) in [5.41, 5.74) is 8.19. The van der Waals surface area contributed by atoms with Crippen LogP contribution >= 0.6 is 11.3 Å². The molecule has 2 heterocycles. The van der Waals surface area contributed by atoms with Crippen molar-refractivity contribution in [3.63, 3.8) is 0 Å². The van der Waals surface area contributed by atoms with Crippen LogP contribution in [0.1, 0.15) is 25.8 Å². The molecule has 0 saturated carbocycles. The molecular weight excluding hydrogens is 397 g/mol. The first-order valence-electron chi connectivity index (χ1n) is 9.54. The smallest absolute Gasteiger partial charge is 0.227 e. The minimum atomic E-state index is -0.471. The Morgan fingerprint density at radius 1 is 0.967 bits per heavy atom. The number of halogens is 1. The van der Waals surface area contributed by atoms with Crippen LogP contribution in [-0.4, -0.2) is 15.0 Å². The van der Waals surface area contributed by atoms with Gasteiger partial charge in [0.05, 0.1) is 27.0 Å². The van der Waals surface area contributed by atoms with Gasteiger partial charge in [0.2, 0.25) is 5.95 Å². The van der Waals surface area contributed by atoms with E-state index in [9.17, 15) is 4.39 Å². The molecule has 152 valence electrons. The highest BCUT2D eigenvalue weighted by Gasteiger charge is 2.25. The first kappa shape index (κ1) is 20.0. The first-order valence-corrected chi connectivity index (χ1v) is 10.4. The second kappa shape index (κ2) is 7.84. The number of nitrogens with zero attached hydrogens (tertiary/aromatic N) is 3. The Bertz CT molecular complexity index is 1180. The van der Waals surface area contributed by atoms with Crippen molar-refractivity contribution in [3.8, 4) is 21.8 Å². The van der Waals surface area contributed by atoms with Gasteiger partial charge in [0.15, 0.2) is 5.82 Å². The van der Waals surface area contributed by atoms with E-state index in [1.165, 1.54) is 11.3 Å². The maximum Gasteiger partial charge on any atom is 0.227 e. The number of benzene rings is 2. The number of nitrogen functional groups attached to an aromatic ring is 1. The summed E-state index contributed by atoms with van der Waals surface area (Å²) in [6.45, 7) is 6.24. The zero-order chi connectivity index (χ0) is 21.3. The molecule has 0 aliphatic rings. The fraction of sp³-hybridized carbons (Fsp3) is 0.174. The van der Waals surface area contributed by atoms with Crippen molar-refractivity contribution in [2.45, 2.75) is 26.2 Å². The lowest BCUT2D eigenvalue weighted by Gasteiger charge is -2.13. The molecule has 4 aromatic rings. The van der Waals surface area contributed by atoms with E-state index < -0.39 is 5.82 Å². The molecule has 2 aromatic carbocycles. The van der Waals surface area contributed by atoms with Crippen molar-refractivity contribution in [1.29, 1.82) is 0 Å². The largest absolute Gasteiger partial charge is 0.396 e. The van der Waals surface area contributed by atoms with E-state index in [0.29, 0.717) is 22.9 Å². The van der Waals surface area contributed by atoms with Crippen molar-refractivity contribution < 1.29 is 4.39 Å². The van der Waals surface area contributed by atoms with Crippen LogP contribution in [0.4, 0.5) is 21.7 Å². The predicted molar refractivity (Wildman–Crippen MR) is 121 cm³/mol. The van der Waals surface area contributed by atoms with Gasteiger partial charge in [-0.3, -0.25) is 0 Å². The monoisotopic (exact) mass is 419 g/mol. The van der Waals surface area contributed by atoms with Crippen LogP contribution in [0.5, 0.6) is 0 Å². The predicted octanol–water partition coefficient (Wildman–Crippen LogP) is 6.03. The van der Waals surface area contributed by atoms with E-state index >= 15 is 0 Å². The lowest BCUT2D eigenvalue weighted by atomic mass is 9.98. The second-order valence-corrected chi connectivity index (χ2v) is 8.91. The number of nitrogens with one attached hydrogen (secondary N) is 1. The van der Waals surface area contributed by atoms with Gasteiger partial charge in [-0.25, -0.2) is 19.3 Å². The molecule has 0 aliphatic carbocycles. The van der Waals surface area contributed by atoms with E-state index in [1.54, 1.807) is 24.4 Å². The lowest BCUT2D eigenvalue weighted by molar-refractivity contribution is 0.585. The van der Waals surface area contributed by atoms with Crippen LogP contribution in [0.2, 0.25) is 0 Å². The number of hydrogen-bond donors (Lipinski definition) is 2. The third-order valence-electron chi connectivity index (χ3n) is 4.47. The maximum atomic E-state index is 14.9. The highest BCUT2D eigenvalue weighted by molar-refractivity contribution is 7.15. The Kier molecular flexibility index (Phi) is 5.22. The number of hydrogen-bond acceptors (Lipinski definition) is 6. The molecule has 0 aliphatic heterocycles. The molecule has 0 saturated heterocycles. The van der Waals surface area contributed by atoms with Crippen molar-refractivity contribution >= 4 is 28.7 Å². The van der Waals surface area contributed by atoms with Gasteiger partial charge in [-0.2, -0.15) is 0 Å². The summed E-state index contributed by atoms with van der Waals surface area (Å²) in [5.74, 6) is -0.00962. The summed E-state index contributed by atoms with van der Waals surface area (Å²) in [7, 11) is 0. The standard InChI is InChI=1S/C23H22FN5S/c1-23(2,3)21-29-19(15-10-7-11-16(25)18(15)24)20(30-21)17-12-13-26-22(28-17)27-14-8-5-4-6-9-14/h4-13H,25H2,1-3H3,(H,26,27,28). The maximum absolute atomic E-state index is 14.9. The molecule has 7 heteroatoms. The fourth-order valence-electron chi connectivity index (χ4n) is 2.93. The molecule has 0 radical (unpaired) electrons. The SMILES string of the molecule is CC(C)(C)c1nc(-c2cccc(N)c2F)c(-c2ccnc(Nc3ccccc3)n2)s1. The Balaban J connectivity index is 1.83. The van der Waals surface area contributed by atoms with Gasteiger partial charge in [0.1, 0.15) is 0 Å². The van der Waals surface area contributed by atoms with Gasteiger partial charge < -0.3 is 11.1 Å². The van der Waals surface area contributed by atoms with Gasteiger partial charge in [0, 0.05) is 22.9 Å². The summed E-state index contributed by atoms with van der Waals surface area (Å²) >= 11 is 1.51. The van der Waals surface area contributed by atoms with E-state index in [4.69, 9.17) is 10.7 Å². The average molecular weight is 420 g/mol. The Morgan fingerprint density at radius 3 is 2.47 bits per heavy atom. The van der Waals surface area contributed by atoms with E-state index in [2.05, 4.69) is 36.1 Å². The molecule has 5 nitrogen and oxygen atoms in total. The quantitative estimate of drug-likeness (QED) is 0.395. The summed E-state index contributed by atoms with van der Waals surface area (Å²) in [6.07, 6.45) is 1.68. The normalized spacial score (nSPS) is 11.5. The van der Waals surface area contributed by atoms with Crippen LogP contribution in [0.15, 0.2) is 60.8 Å². The fourth-order valence-corrected chi connectivity index (χ4v) is 4.03. The van der Waals surface area contributed by atoms with E-state index in [0.717, 1.165) is 15.6 Å². The molecular formula is C23H22FN5S. The Hall–Kier alpha value is -3.32. The molecule has 4 rings (SSSR count). The highest BCUT2D eigenvalue weighted by Crippen LogP contribution is 2.41. The Morgan fingerprint density at radius 2 is 1.73 bits per heavy atom.